The molecule has 72 valence electrons. The number of methoxy groups -OCH3 is 1. The third-order valence-corrected chi connectivity index (χ3v) is 3.49. The highest BCUT2D eigenvalue weighted by Crippen LogP contribution is 2.28. The minimum absolute atomic E-state index is 0.326. The monoisotopic (exact) mass is 282 g/mol. The molecule has 0 atom stereocenters. The first kappa shape index (κ1) is 11.0. The van der Waals surface area contributed by atoms with Crippen molar-refractivity contribution in [2.75, 3.05) is 12.4 Å². The summed E-state index contributed by atoms with van der Waals surface area (Å²) in [6.07, 6.45) is 0.834. The molecule has 0 amide bonds. The Morgan fingerprint density at radius 3 is 3.00 bits per heavy atom. The number of ether oxygens (including phenoxy) is 1. The van der Waals surface area contributed by atoms with Gasteiger partial charge in [-0.3, -0.25) is 0 Å². The second kappa shape index (κ2) is 4.98. The molecule has 0 bridgehead atoms. The number of alkyl halides is 1. The van der Waals surface area contributed by atoms with E-state index in [2.05, 4.69) is 20.7 Å². The van der Waals surface area contributed by atoms with Crippen LogP contribution in [0.1, 0.15) is 14.5 Å². The number of thiophene rings is 1. The van der Waals surface area contributed by atoms with Gasteiger partial charge in [-0.25, -0.2) is 4.79 Å². The van der Waals surface area contributed by atoms with Crippen LogP contribution in [0.3, 0.4) is 0 Å². The molecule has 0 saturated heterocycles. The van der Waals surface area contributed by atoms with Crippen molar-refractivity contribution in [2.24, 2.45) is 0 Å². The van der Waals surface area contributed by atoms with Gasteiger partial charge in [0.2, 0.25) is 0 Å². The number of carbonyl (C=O) groups is 1. The van der Waals surface area contributed by atoms with Crippen molar-refractivity contribution < 1.29 is 9.53 Å². The van der Waals surface area contributed by atoms with Crippen LogP contribution in [0.25, 0.3) is 0 Å². The predicted molar refractivity (Wildman–Crippen MR) is 58.2 cm³/mol. The molecule has 0 saturated carbocycles. The maximum Gasteiger partial charge on any atom is 0.348 e. The van der Waals surface area contributed by atoms with Crippen molar-refractivity contribution in [3.63, 3.8) is 0 Å². The van der Waals surface area contributed by atoms with Gasteiger partial charge >= 0.3 is 5.97 Å². The summed E-state index contributed by atoms with van der Waals surface area (Å²) in [5, 5.41) is 1.48. The molecule has 0 fully saturated rings. The van der Waals surface area contributed by atoms with E-state index < -0.39 is 0 Å². The summed E-state index contributed by atoms with van der Waals surface area (Å²) in [7, 11) is 1.36. The maximum absolute atomic E-state index is 11.1. The number of esters is 1. The molecule has 0 unspecified atom stereocenters. The van der Waals surface area contributed by atoms with Crippen LogP contribution in [0, 0.1) is 0 Å². The normalized spacial score (nSPS) is 10.1. The molecule has 0 N–H and O–H groups in total. The van der Waals surface area contributed by atoms with Crippen molar-refractivity contribution in [3.05, 3.63) is 20.8 Å². The SMILES string of the molecule is COC(=O)c1cc(Cl)c(CCBr)s1. The molecule has 0 radical (unpaired) electrons. The minimum Gasteiger partial charge on any atom is -0.465 e. The summed E-state index contributed by atoms with van der Waals surface area (Å²) in [5.74, 6) is -0.326. The maximum atomic E-state index is 11.1. The van der Waals surface area contributed by atoms with E-state index in [4.69, 9.17) is 11.6 Å². The Hall–Kier alpha value is -0.0600. The minimum atomic E-state index is -0.326. The Morgan fingerprint density at radius 1 is 1.77 bits per heavy atom. The number of rotatable bonds is 3. The molecule has 2 nitrogen and oxygen atoms in total. The Morgan fingerprint density at radius 2 is 2.46 bits per heavy atom. The van der Waals surface area contributed by atoms with Crippen LogP contribution in [-0.4, -0.2) is 18.4 Å². The fourth-order valence-corrected chi connectivity index (χ4v) is 2.88. The van der Waals surface area contributed by atoms with E-state index in [0.717, 1.165) is 16.6 Å². The van der Waals surface area contributed by atoms with Crippen molar-refractivity contribution in [3.8, 4) is 0 Å². The van der Waals surface area contributed by atoms with Gasteiger partial charge < -0.3 is 4.74 Å². The van der Waals surface area contributed by atoms with Gasteiger partial charge in [0.15, 0.2) is 0 Å². The van der Waals surface area contributed by atoms with Crippen LogP contribution in [0.15, 0.2) is 6.07 Å². The zero-order valence-electron chi connectivity index (χ0n) is 6.97. The average Bonchev–Trinajstić information content (AvgIpc) is 2.47. The summed E-state index contributed by atoms with van der Waals surface area (Å²) in [4.78, 5) is 12.7. The largest absolute Gasteiger partial charge is 0.465 e. The lowest BCUT2D eigenvalue weighted by Crippen LogP contribution is -1.96. The van der Waals surface area contributed by atoms with E-state index in [1.165, 1.54) is 18.4 Å². The van der Waals surface area contributed by atoms with Crippen molar-refractivity contribution in [2.45, 2.75) is 6.42 Å². The van der Waals surface area contributed by atoms with Crippen LogP contribution in [0.2, 0.25) is 5.02 Å². The number of carbonyl (C=O) groups excluding carboxylic acids is 1. The van der Waals surface area contributed by atoms with E-state index in [1.54, 1.807) is 6.07 Å². The van der Waals surface area contributed by atoms with Gasteiger partial charge in [0.25, 0.3) is 0 Å². The second-order valence-electron chi connectivity index (χ2n) is 2.31. The third-order valence-electron chi connectivity index (χ3n) is 1.47. The van der Waals surface area contributed by atoms with E-state index in [9.17, 15) is 4.79 Å². The first-order valence-electron chi connectivity index (χ1n) is 3.61. The standard InChI is InChI=1S/C8H8BrClO2S/c1-12-8(11)7-4-5(10)6(13-7)2-3-9/h4H,2-3H2,1H3. The quantitative estimate of drug-likeness (QED) is 0.629. The first-order chi connectivity index (χ1) is 6.19. The molecular weight excluding hydrogens is 276 g/mol. The summed E-state index contributed by atoms with van der Waals surface area (Å²) in [5.41, 5.74) is 0. The van der Waals surface area contributed by atoms with Crippen LogP contribution >= 0.6 is 38.9 Å². The summed E-state index contributed by atoms with van der Waals surface area (Å²) in [6.45, 7) is 0. The number of hydrogen-bond donors (Lipinski definition) is 0. The van der Waals surface area contributed by atoms with Gasteiger partial charge in [0.05, 0.1) is 12.1 Å². The van der Waals surface area contributed by atoms with Gasteiger partial charge in [0.1, 0.15) is 4.88 Å². The summed E-state index contributed by atoms with van der Waals surface area (Å²) in [6, 6.07) is 1.65. The van der Waals surface area contributed by atoms with Crippen molar-refractivity contribution in [1.29, 1.82) is 0 Å². The molecule has 5 heteroatoms. The Labute approximate surface area is 94.0 Å². The number of halogens is 2. The molecular formula is C8H8BrClO2S. The van der Waals surface area contributed by atoms with Crippen molar-refractivity contribution >= 4 is 44.8 Å². The molecule has 0 aliphatic carbocycles. The van der Waals surface area contributed by atoms with Crippen molar-refractivity contribution in [1.82, 2.24) is 0 Å². The summed E-state index contributed by atoms with van der Waals surface area (Å²) < 4.78 is 4.58. The van der Waals surface area contributed by atoms with Gasteiger partial charge in [-0.15, -0.1) is 11.3 Å². The fourth-order valence-electron chi connectivity index (χ4n) is 0.864. The highest BCUT2D eigenvalue weighted by molar-refractivity contribution is 9.09. The second-order valence-corrected chi connectivity index (χ2v) is 4.65. The average molecular weight is 284 g/mol. The van der Waals surface area contributed by atoms with Gasteiger partial charge in [-0.1, -0.05) is 27.5 Å². The lowest BCUT2D eigenvalue weighted by molar-refractivity contribution is 0.0606. The fraction of sp³-hybridized carbons (Fsp3) is 0.375. The molecule has 1 rings (SSSR count). The third kappa shape index (κ3) is 2.69. The van der Waals surface area contributed by atoms with Gasteiger partial charge in [-0.05, 0) is 12.5 Å². The van der Waals surface area contributed by atoms with Crippen LogP contribution < -0.4 is 0 Å². The molecule has 0 aliphatic heterocycles. The molecule has 0 aliphatic rings. The molecule has 13 heavy (non-hydrogen) atoms. The zero-order chi connectivity index (χ0) is 9.84. The van der Waals surface area contributed by atoms with E-state index in [0.29, 0.717) is 9.90 Å². The zero-order valence-corrected chi connectivity index (χ0v) is 10.1. The molecule has 1 aromatic heterocycles. The highest BCUT2D eigenvalue weighted by Gasteiger charge is 2.12. The van der Waals surface area contributed by atoms with Gasteiger partial charge in [0, 0.05) is 10.2 Å². The first-order valence-corrected chi connectivity index (χ1v) is 5.93. The molecule has 0 aromatic carbocycles. The molecule has 0 spiro atoms. The smallest absolute Gasteiger partial charge is 0.348 e. The Kier molecular flexibility index (Phi) is 4.22. The topological polar surface area (TPSA) is 26.3 Å². The van der Waals surface area contributed by atoms with Crippen LogP contribution in [0.5, 0.6) is 0 Å². The predicted octanol–water partition coefficient (Wildman–Crippen LogP) is 3.13. The number of aryl methyl sites for hydroxylation is 1. The van der Waals surface area contributed by atoms with Crippen LogP contribution in [-0.2, 0) is 11.2 Å². The highest BCUT2D eigenvalue weighted by atomic mass is 79.9. The van der Waals surface area contributed by atoms with E-state index >= 15 is 0 Å². The Bertz CT molecular complexity index is 311. The molecule has 1 aromatic rings. The Balaban J connectivity index is 2.88. The van der Waals surface area contributed by atoms with E-state index in [1.807, 2.05) is 0 Å². The van der Waals surface area contributed by atoms with E-state index in [-0.39, 0.29) is 5.97 Å². The number of hydrogen-bond acceptors (Lipinski definition) is 3. The molecule has 1 heterocycles. The van der Waals surface area contributed by atoms with Crippen LogP contribution in [0.4, 0.5) is 0 Å². The lowest BCUT2D eigenvalue weighted by atomic mass is 10.3. The van der Waals surface area contributed by atoms with Gasteiger partial charge in [-0.2, -0.15) is 0 Å². The summed E-state index contributed by atoms with van der Waals surface area (Å²) >= 11 is 10.6. The lowest BCUT2D eigenvalue weighted by Gasteiger charge is -1.92.